The van der Waals surface area contributed by atoms with Crippen LogP contribution in [0.15, 0.2) is 18.2 Å². The van der Waals surface area contributed by atoms with Crippen molar-refractivity contribution in [1.29, 1.82) is 0 Å². The summed E-state index contributed by atoms with van der Waals surface area (Å²) >= 11 is 0. The molecule has 0 heterocycles. The first-order valence-corrected chi connectivity index (χ1v) is 8.09. The highest BCUT2D eigenvalue weighted by atomic mass is 16.6. The first kappa shape index (κ1) is 20.6. The van der Waals surface area contributed by atoms with E-state index in [-0.39, 0.29) is 11.8 Å². The Labute approximate surface area is 149 Å². The molecule has 1 aromatic rings. The van der Waals surface area contributed by atoms with Gasteiger partial charge in [0.05, 0.1) is 19.9 Å². The number of carbonyl (C=O) groups excluding carboxylic acids is 2. The monoisotopic (exact) mass is 352 g/mol. The molecule has 1 unspecified atom stereocenters. The van der Waals surface area contributed by atoms with E-state index < -0.39 is 17.7 Å². The lowest BCUT2D eigenvalue weighted by molar-refractivity contribution is -0.119. The van der Waals surface area contributed by atoms with Gasteiger partial charge in [-0.25, -0.2) is 4.79 Å². The molecule has 1 rings (SSSR count). The van der Waals surface area contributed by atoms with Gasteiger partial charge in [-0.15, -0.1) is 0 Å². The number of alkyl carbamates (subject to hydrolysis) is 1. The molecular formula is C18H28N2O5. The van der Waals surface area contributed by atoms with Crippen molar-refractivity contribution in [2.75, 3.05) is 19.5 Å². The molecule has 0 saturated carbocycles. The zero-order valence-electron chi connectivity index (χ0n) is 15.9. The number of rotatable bonds is 6. The van der Waals surface area contributed by atoms with Crippen molar-refractivity contribution in [3.8, 4) is 11.5 Å². The molecule has 0 spiro atoms. The summed E-state index contributed by atoms with van der Waals surface area (Å²) in [4.78, 5) is 24.6. The highest BCUT2D eigenvalue weighted by molar-refractivity contribution is 5.98. The van der Waals surface area contributed by atoms with Crippen LogP contribution in [0.4, 0.5) is 10.5 Å². The fraction of sp³-hybridized carbons (Fsp3) is 0.556. The van der Waals surface area contributed by atoms with Gasteiger partial charge in [-0.1, -0.05) is 13.8 Å². The fourth-order valence-corrected chi connectivity index (χ4v) is 2.08. The summed E-state index contributed by atoms with van der Waals surface area (Å²) < 4.78 is 15.6. The summed E-state index contributed by atoms with van der Waals surface area (Å²) in [7, 11) is 3.05. The van der Waals surface area contributed by atoms with Crippen LogP contribution in [0.25, 0.3) is 0 Å². The molecular weight excluding hydrogens is 324 g/mol. The van der Waals surface area contributed by atoms with Crippen molar-refractivity contribution in [1.82, 2.24) is 5.32 Å². The minimum absolute atomic E-state index is 0.128. The first-order valence-electron chi connectivity index (χ1n) is 8.09. The van der Waals surface area contributed by atoms with Crippen LogP contribution < -0.4 is 20.1 Å². The minimum atomic E-state index is -0.748. The molecule has 2 N–H and O–H groups in total. The summed E-state index contributed by atoms with van der Waals surface area (Å²) in [5.74, 6) is 0.593. The van der Waals surface area contributed by atoms with Gasteiger partial charge in [0, 0.05) is 6.07 Å². The van der Waals surface area contributed by atoms with Crippen LogP contribution >= 0.6 is 0 Å². The normalized spacial score (nSPS) is 12.3. The van der Waals surface area contributed by atoms with Crippen molar-refractivity contribution in [2.45, 2.75) is 46.3 Å². The molecule has 0 bridgehead atoms. The third kappa shape index (κ3) is 6.52. The average molecular weight is 352 g/mol. The van der Waals surface area contributed by atoms with E-state index in [1.807, 2.05) is 13.8 Å². The summed E-state index contributed by atoms with van der Waals surface area (Å²) in [5, 5.41) is 5.39. The summed E-state index contributed by atoms with van der Waals surface area (Å²) in [6, 6.07) is 4.31. The van der Waals surface area contributed by atoms with E-state index in [0.29, 0.717) is 17.2 Å². The Morgan fingerprint density at radius 3 is 2.20 bits per heavy atom. The number of anilines is 1. The number of amides is 2. The number of benzene rings is 1. The van der Waals surface area contributed by atoms with Gasteiger partial charge < -0.3 is 24.8 Å². The quantitative estimate of drug-likeness (QED) is 0.821. The Balaban J connectivity index is 2.89. The van der Waals surface area contributed by atoms with Crippen LogP contribution in [0.3, 0.4) is 0 Å². The largest absolute Gasteiger partial charge is 0.497 e. The van der Waals surface area contributed by atoms with E-state index in [0.717, 1.165) is 0 Å². The molecule has 1 aromatic carbocycles. The third-order valence-electron chi connectivity index (χ3n) is 3.29. The predicted octanol–water partition coefficient (Wildman–Crippen LogP) is 3.19. The smallest absolute Gasteiger partial charge is 0.408 e. The number of ether oxygens (including phenoxy) is 3. The predicted molar refractivity (Wildman–Crippen MR) is 96.2 cm³/mol. The van der Waals surface area contributed by atoms with E-state index in [2.05, 4.69) is 10.6 Å². The maximum Gasteiger partial charge on any atom is 0.408 e. The van der Waals surface area contributed by atoms with Gasteiger partial charge in [0.1, 0.15) is 23.1 Å². The lowest BCUT2D eigenvalue weighted by Crippen LogP contribution is -2.48. The summed E-state index contributed by atoms with van der Waals surface area (Å²) in [6.07, 6.45) is -0.636. The van der Waals surface area contributed by atoms with E-state index in [4.69, 9.17) is 14.2 Å². The number of hydrogen-bond donors (Lipinski definition) is 2. The van der Waals surface area contributed by atoms with Gasteiger partial charge >= 0.3 is 6.09 Å². The first-order chi connectivity index (χ1) is 11.6. The fourth-order valence-electron chi connectivity index (χ4n) is 2.08. The van der Waals surface area contributed by atoms with Crippen LogP contribution in [-0.2, 0) is 9.53 Å². The van der Waals surface area contributed by atoms with E-state index in [1.165, 1.54) is 7.11 Å². The maximum atomic E-state index is 12.6. The van der Waals surface area contributed by atoms with Crippen LogP contribution in [0, 0.1) is 5.92 Å². The Hall–Kier alpha value is -2.44. The van der Waals surface area contributed by atoms with Gasteiger partial charge in [-0.05, 0) is 38.8 Å². The zero-order chi connectivity index (χ0) is 19.2. The molecule has 25 heavy (non-hydrogen) atoms. The molecule has 0 aromatic heterocycles. The lowest BCUT2D eigenvalue weighted by Gasteiger charge is -2.25. The van der Waals surface area contributed by atoms with E-state index in [9.17, 15) is 9.59 Å². The highest BCUT2D eigenvalue weighted by Crippen LogP contribution is 2.29. The van der Waals surface area contributed by atoms with E-state index >= 15 is 0 Å². The van der Waals surface area contributed by atoms with E-state index in [1.54, 1.807) is 46.1 Å². The molecule has 0 saturated heterocycles. The molecule has 0 fully saturated rings. The zero-order valence-corrected chi connectivity index (χ0v) is 15.9. The van der Waals surface area contributed by atoms with Gasteiger partial charge in [-0.3, -0.25) is 4.79 Å². The molecule has 0 aliphatic rings. The number of hydrogen-bond acceptors (Lipinski definition) is 5. The Morgan fingerprint density at radius 2 is 1.72 bits per heavy atom. The molecule has 0 aliphatic heterocycles. The SMILES string of the molecule is COc1ccc(NC(=O)C(NC(=O)OC(C)(C)C)C(C)C)c(OC)c1. The standard InChI is InChI=1S/C18H28N2O5/c1-11(2)15(20-17(22)25-18(3,4)5)16(21)19-13-9-8-12(23-6)10-14(13)24-7/h8-11,15H,1-7H3,(H,19,21)(H,20,22). The highest BCUT2D eigenvalue weighted by Gasteiger charge is 2.27. The second kappa shape index (κ2) is 8.60. The molecule has 2 amide bonds. The van der Waals surface area contributed by atoms with Gasteiger partial charge in [0.25, 0.3) is 0 Å². The second-order valence-electron chi connectivity index (χ2n) is 6.92. The second-order valence-corrected chi connectivity index (χ2v) is 6.92. The lowest BCUT2D eigenvalue weighted by atomic mass is 10.0. The van der Waals surface area contributed by atoms with Crippen LogP contribution in [-0.4, -0.2) is 37.9 Å². The number of nitrogens with one attached hydrogen (secondary N) is 2. The molecule has 1 atom stereocenters. The number of methoxy groups -OCH3 is 2. The van der Waals surface area contributed by atoms with Crippen LogP contribution in [0.5, 0.6) is 11.5 Å². The van der Waals surface area contributed by atoms with Gasteiger partial charge in [0.15, 0.2) is 0 Å². The topological polar surface area (TPSA) is 85.9 Å². The molecule has 0 aliphatic carbocycles. The Kier molecular flexibility index (Phi) is 7.09. The van der Waals surface area contributed by atoms with Gasteiger partial charge in [0.2, 0.25) is 5.91 Å². The van der Waals surface area contributed by atoms with Crippen LogP contribution in [0.1, 0.15) is 34.6 Å². The van der Waals surface area contributed by atoms with Crippen molar-refractivity contribution in [2.24, 2.45) is 5.92 Å². The summed E-state index contributed by atoms with van der Waals surface area (Å²) in [5.41, 5.74) is -0.147. The molecule has 7 nitrogen and oxygen atoms in total. The maximum absolute atomic E-state index is 12.6. The van der Waals surface area contributed by atoms with Crippen LogP contribution in [0.2, 0.25) is 0 Å². The third-order valence-corrected chi connectivity index (χ3v) is 3.29. The molecule has 7 heteroatoms. The van der Waals surface area contributed by atoms with Gasteiger partial charge in [-0.2, -0.15) is 0 Å². The molecule has 0 radical (unpaired) electrons. The number of carbonyl (C=O) groups is 2. The Bertz CT molecular complexity index is 608. The molecule has 140 valence electrons. The van der Waals surface area contributed by atoms with Crippen molar-refractivity contribution in [3.63, 3.8) is 0 Å². The Morgan fingerprint density at radius 1 is 1.08 bits per heavy atom. The van der Waals surface area contributed by atoms with Crippen molar-refractivity contribution in [3.05, 3.63) is 18.2 Å². The van der Waals surface area contributed by atoms with Crippen molar-refractivity contribution < 1.29 is 23.8 Å². The van der Waals surface area contributed by atoms with Crippen molar-refractivity contribution >= 4 is 17.7 Å². The summed E-state index contributed by atoms with van der Waals surface area (Å²) in [6.45, 7) is 8.97. The minimum Gasteiger partial charge on any atom is -0.497 e. The average Bonchev–Trinajstić information content (AvgIpc) is 2.50.